The number of fused-ring (bicyclic) bond motifs is 2. The van der Waals surface area contributed by atoms with Gasteiger partial charge in [-0.1, -0.05) is 0 Å². The van der Waals surface area contributed by atoms with E-state index in [4.69, 9.17) is 4.62 Å². The van der Waals surface area contributed by atoms with Crippen LogP contribution in [0.2, 0.25) is 0 Å². The fraction of sp³-hybridized carbons (Fsp3) is 0.833. The zero-order valence-corrected chi connectivity index (χ0v) is 7.35. The summed E-state index contributed by atoms with van der Waals surface area (Å²) >= 11 is 0. The first-order chi connectivity index (χ1) is 5.33. The van der Waals surface area contributed by atoms with Crippen LogP contribution in [0.3, 0.4) is 0 Å². The molecule has 0 N–H and O–H groups in total. The summed E-state index contributed by atoms with van der Waals surface area (Å²) in [6, 6.07) is 0.302. The molecule has 2 unspecified atom stereocenters. The van der Waals surface area contributed by atoms with Gasteiger partial charge in [-0.05, 0) is 12.8 Å². The molecule has 2 heterocycles. The molecule has 11 heavy (non-hydrogen) atoms. The van der Waals surface area contributed by atoms with Crippen molar-refractivity contribution in [2.75, 3.05) is 13.1 Å². The van der Waals surface area contributed by atoms with Crippen molar-refractivity contribution in [3.63, 3.8) is 0 Å². The zero-order valence-electron chi connectivity index (χ0n) is 6.19. The number of nitrogens with zero attached hydrogens (tertiary/aromatic N) is 2. The molecule has 0 aromatic rings. The van der Waals surface area contributed by atoms with Gasteiger partial charge in [-0.25, -0.2) is 4.79 Å². The van der Waals surface area contributed by atoms with E-state index in [1.807, 2.05) is 4.90 Å². The number of hydrogen-bond acceptors (Lipinski definition) is 2. The Hall–Kier alpha value is -0.340. The largest absolute Gasteiger partial charge is 0.344 e. The van der Waals surface area contributed by atoms with Crippen LogP contribution in [0.1, 0.15) is 12.8 Å². The molecule has 0 aliphatic carbocycles. The topological polar surface area (TPSA) is 32.8 Å². The normalized spacial score (nSPS) is 29.9. The number of hydrogen-bond donors (Lipinski definition) is 0. The van der Waals surface area contributed by atoms with Crippen molar-refractivity contribution in [1.82, 2.24) is 9.96 Å². The number of amides is 2. The second-order valence-electron chi connectivity index (χ2n) is 2.96. The number of carbonyl (C=O) groups is 1. The molecule has 2 aliphatic rings. The van der Waals surface area contributed by atoms with E-state index in [0.29, 0.717) is 0 Å². The Morgan fingerprint density at radius 2 is 2.45 bits per heavy atom. The van der Waals surface area contributed by atoms with Crippen LogP contribution >= 0.6 is 9.47 Å². The van der Waals surface area contributed by atoms with Crippen molar-refractivity contribution in [2.24, 2.45) is 0 Å². The van der Waals surface area contributed by atoms with Gasteiger partial charge in [0.1, 0.15) is 0 Å². The molecule has 0 spiro atoms. The highest BCUT2D eigenvalue weighted by Crippen LogP contribution is 2.26. The van der Waals surface area contributed by atoms with Gasteiger partial charge in [0.25, 0.3) is 0 Å². The van der Waals surface area contributed by atoms with Crippen molar-refractivity contribution >= 4 is 15.5 Å². The first-order valence-electron chi connectivity index (χ1n) is 3.78. The molecule has 2 atom stereocenters. The third kappa shape index (κ3) is 1.01. The minimum Gasteiger partial charge on any atom is -0.321 e. The number of urea groups is 1. The van der Waals surface area contributed by atoms with Crippen LogP contribution in [-0.4, -0.2) is 35.1 Å². The SMILES string of the molecule is O=C1N2CCCC(C2)N1OP. The summed E-state index contributed by atoms with van der Waals surface area (Å²) in [7, 11) is 2.12. The van der Waals surface area contributed by atoms with Crippen LogP contribution in [0.5, 0.6) is 0 Å². The molecule has 2 bridgehead atoms. The fourth-order valence-electron chi connectivity index (χ4n) is 1.75. The van der Waals surface area contributed by atoms with Gasteiger partial charge < -0.3 is 4.90 Å². The van der Waals surface area contributed by atoms with E-state index in [1.165, 1.54) is 5.06 Å². The lowest BCUT2D eigenvalue weighted by Gasteiger charge is -2.20. The Bertz CT molecular complexity index is 187. The summed E-state index contributed by atoms with van der Waals surface area (Å²) in [5.41, 5.74) is 0. The van der Waals surface area contributed by atoms with E-state index in [0.717, 1.165) is 25.9 Å². The van der Waals surface area contributed by atoms with Gasteiger partial charge in [-0.3, -0.25) is 4.62 Å². The predicted octanol–water partition coefficient (Wildman–Crippen LogP) is 0.608. The van der Waals surface area contributed by atoms with E-state index in [-0.39, 0.29) is 12.1 Å². The van der Waals surface area contributed by atoms with Crippen molar-refractivity contribution in [3.05, 3.63) is 0 Å². The summed E-state index contributed by atoms with van der Waals surface area (Å²) in [5.74, 6) is 0. The summed E-state index contributed by atoms with van der Waals surface area (Å²) in [6.07, 6.45) is 2.16. The van der Waals surface area contributed by atoms with Gasteiger partial charge in [0.05, 0.1) is 6.04 Å². The number of hydroxylamine groups is 2. The second-order valence-corrected chi connectivity index (χ2v) is 3.17. The minimum absolute atomic E-state index is 0.0162. The van der Waals surface area contributed by atoms with Gasteiger partial charge in [0, 0.05) is 22.6 Å². The fourth-order valence-corrected chi connectivity index (χ4v) is 2.01. The lowest BCUT2D eigenvalue weighted by atomic mass is 10.1. The van der Waals surface area contributed by atoms with Gasteiger partial charge in [0.15, 0.2) is 0 Å². The summed E-state index contributed by atoms with van der Waals surface area (Å²) in [6.45, 7) is 1.73. The molecule has 0 radical (unpaired) electrons. The molecule has 0 saturated carbocycles. The van der Waals surface area contributed by atoms with Crippen LogP contribution in [0.25, 0.3) is 0 Å². The molecule has 2 rings (SSSR count). The third-order valence-electron chi connectivity index (χ3n) is 2.30. The molecule has 0 aromatic heterocycles. The third-order valence-corrected chi connectivity index (χ3v) is 2.53. The van der Waals surface area contributed by atoms with Gasteiger partial charge in [0.2, 0.25) is 0 Å². The molecule has 2 amide bonds. The lowest BCUT2D eigenvalue weighted by molar-refractivity contribution is -0.00887. The maximum absolute atomic E-state index is 11.3. The Balaban J connectivity index is 2.17. The molecule has 2 aliphatic heterocycles. The standard InChI is InChI=1S/C6H11N2O2P/c9-6-7-3-1-2-5(4-7)8(6)10-11/h5H,1-4,11H2. The summed E-state index contributed by atoms with van der Waals surface area (Å²) < 4.78 is 4.90. The highest BCUT2D eigenvalue weighted by molar-refractivity contribution is 7.09. The Labute approximate surface area is 67.7 Å². The van der Waals surface area contributed by atoms with Crippen molar-refractivity contribution in [2.45, 2.75) is 18.9 Å². The van der Waals surface area contributed by atoms with Crippen molar-refractivity contribution < 1.29 is 9.42 Å². The average Bonchev–Trinajstić information content (AvgIpc) is 2.25. The molecular formula is C6H11N2O2P. The minimum atomic E-state index is 0.0162. The number of carbonyl (C=O) groups excluding carboxylic acids is 1. The van der Waals surface area contributed by atoms with E-state index in [9.17, 15) is 4.79 Å². The smallest absolute Gasteiger partial charge is 0.321 e. The van der Waals surface area contributed by atoms with Crippen LogP contribution in [0.15, 0.2) is 0 Å². The van der Waals surface area contributed by atoms with Crippen LogP contribution in [0.4, 0.5) is 4.79 Å². The summed E-state index contributed by atoms with van der Waals surface area (Å²) in [5, 5.41) is 1.46. The molecule has 4 nitrogen and oxygen atoms in total. The van der Waals surface area contributed by atoms with Crippen molar-refractivity contribution in [3.8, 4) is 0 Å². The first-order valence-corrected chi connectivity index (χ1v) is 4.25. The highest BCUT2D eigenvalue weighted by Gasteiger charge is 2.40. The van der Waals surface area contributed by atoms with Crippen LogP contribution < -0.4 is 0 Å². The highest BCUT2D eigenvalue weighted by atomic mass is 31.0. The number of piperidine rings is 1. The second kappa shape index (κ2) is 2.61. The Morgan fingerprint density at radius 1 is 1.64 bits per heavy atom. The van der Waals surface area contributed by atoms with Gasteiger partial charge in [-0.15, -0.1) is 0 Å². The summed E-state index contributed by atoms with van der Waals surface area (Å²) in [4.78, 5) is 13.2. The maximum Gasteiger partial charge on any atom is 0.344 e. The maximum atomic E-state index is 11.3. The van der Waals surface area contributed by atoms with Crippen LogP contribution in [-0.2, 0) is 4.62 Å². The van der Waals surface area contributed by atoms with E-state index >= 15 is 0 Å². The average molecular weight is 174 g/mol. The van der Waals surface area contributed by atoms with E-state index < -0.39 is 0 Å². The van der Waals surface area contributed by atoms with Crippen LogP contribution in [0, 0.1) is 0 Å². The quantitative estimate of drug-likeness (QED) is 0.545. The molecule has 5 heteroatoms. The van der Waals surface area contributed by atoms with Gasteiger partial charge >= 0.3 is 6.03 Å². The lowest BCUT2D eigenvalue weighted by Crippen LogP contribution is -2.30. The van der Waals surface area contributed by atoms with E-state index in [1.54, 1.807) is 0 Å². The van der Waals surface area contributed by atoms with E-state index in [2.05, 4.69) is 9.47 Å². The molecule has 2 saturated heterocycles. The van der Waals surface area contributed by atoms with Gasteiger partial charge in [-0.2, -0.15) is 5.06 Å². The Kier molecular flexibility index (Phi) is 1.74. The first kappa shape index (κ1) is 7.32. The zero-order chi connectivity index (χ0) is 7.84. The number of rotatable bonds is 1. The predicted molar refractivity (Wildman–Crippen MR) is 42.6 cm³/mol. The molecular weight excluding hydrogens is 163 g/mol. The Morgan fingerprint density at radius 3 is 3.09 bits per heavy atom. The molecule has 2 fully saturated rings. The van der Waals surface area contributed by atoms with Crippen molar-refractivity contribution in [1.29, 1.82) is 0 Å². The molecule has 62 valence electrons. The molecule has 0 aromatic carbocycles. The monoisotopic (exact) mass is 174 g/mol.